The van der Waals surface area contributed by atoms with Crippen molar-refractivity contribution in [1.82, 2.24) is 25.4 Å². The van der Waals surface area contributed by atoms with Gasteiger partial charge in [-0.1, -0.05) is 42.5 Å². The fourth-order valence-corrected chi connectivity index (χ4v) is 6.03. The lowest BCUT2D eigenvalue weighted by molar-refractivity contribution is -0.133. The van der Waals surface area contributed by atoms with Gasteiger partial charge in [-0.15, -0.1) is 12.4 Å². The first kappa shape index (κ1) is 31.1. The summed E-state index contributed by atoms with van der Waals surface area (Å²) in [6.45, 7) is 2.04. The molecule has 0 unspecified atom stereocenters. The molecule has 0 saturated carbocycles. The Bertz CT molecular complexity index is 1510. The minimum absolute atomic E-state index is 0. The number of rotatable bonds is 9. The molecule has 0 bridgehead atoms. The van der Waals surface area contributed by atoms with Crippen LogP contribution in [0, 0.1) is 0 Å². The van der Waals surface area contributed by atoms with E-state index >= 15 is 0 Å². The van der Waals surface area contributed by atoms with Gasteiger partial charge in [-0.2, -0.15) is 0 Å². The second kappa shape index (κ2) is 13.0. The summed E-state index contributed by atoms with van der Waals surface area (Å²) < 4.78 is 23.5. The van der Waals surface area contributed by atoms with Gasteiger partial charge in [0.1, 0.15) is 5.54 Å². The number of benzene rings is 2. The van der Waals surface area contributed by atoms with Gasteiger partial charge in [0.25, 0.3) is 11.8 Å². The number of sulfone groups is 1. The number of halogens is 1. The van der Waals surface area contributed by atoms with Crippen LogP contribution in [0.25, 0.3) is 0 Å². The molecule has 2 saturated heterocycles. The number of imide groups is 1. The van der Waals surface area contributed by atoms with Gasteiger partial charge in [-0.3, -0.25) is 19.5 Å². The molecule has 2 aliphatic rings. The van der Waals surface area contributed by atoms with Crippen LogP contribution in [-0.4, -0.2) is 72.5 Å². The number of hydrogen-bond donors (Lipinski definition) is 2. The number of urea groups is 1. The number of piperidine rings is 1. The first-order chi connectivity index (χ1) is 19.6. The van der Waals surface area contributed by atoms with E-state index in [0.29, 0.717) is 50.0 Å². The molecule has 1 spiro atoms. The Hall–Kier alpha value is -3.80. The normalized spacial score (nSPS) is 17.4. The number of pyridine rings is 1. The fourth-order valence-electron chi connectivity index (χ4n) is 5.40. The van der Waals surface area contributed by atoms with Crippen LogP contribution in [0.5, 0.6) is 0 Å². The third-order valence-electron chi connectivity index (χ3n) is 7.81. The van der Waals surface area contributed by atoms with Gasteiger partial charge in [0.05, 0.1) is 23.0 Å². The lowest BCUT2D eigenvalue weighted by Gasteiger charge is -2.37. The Morgan fingerprint density at radius 3 is 2.33 bits per heavy atom. The van der Waals surface area contributed by atoms with Gasteiger partial charge in [0.2, 0.25) is 0 Å². The maximum atomic E-state index is 13.4. The van der Waals surface area contributed by atoms with Gasteiger partial charge in [-0.25, -0.2) is 13.2 Å². The van der Waals surface area contributed by atoms with E-state index in [4.69, 9.17) is 0 Å². The standard InChI is InChI=1S/C30H33N5O5S.ClH/c1-41(39,40)25-11-9-22(10-12-25)21-35-28(37)30(33-29(35)38)14-18-34(19-15-30)17-13-26(23-6-3-2-4-7-23)32-27(36)24-8-5-16-31-20-24;/h2-12,16,20,26H,13-15,17-19,21H2,1H3,(H,32,36)(H,33,38);1H/t26-;/m0./s1. The molecule has 10 nitrogen and oxygen atoms in total. The molecule has 0 aliphatic carbocycles. The number of hydrogen-bond acceptors (Lipinski definition) is 7. The van der Waals surface area contributed by atoms with Crippen molar-refractivity contribution in [1.29, 1.82) is 0 Å². The summed E-state index contributed by atoms with van der Waals surface area (Å²) in [4.78, 5) is 46.8. The van der Waals surface area contributed by atoms with E-state index in [9.17, 15) is 22.8 Å². The Labute approximate surface area is 251 Å². The molecule has 12 heteroatoms. The van der Waals surface area contributed by atoms with Crippen LogP contribution < -0.4 is 10.6 Å². The lowest BCUT2D eigenvalue weighted by atomic mass is 9.87. The van der Waals surface area contributed by atoms with Gasteiger partial charge < -0.3 is 15.5 Å². The van der Waals surface area contributed by atoms with Gasteiger partial charge >= 0.3 is 6.03 Å². The van der Waals surface area contributed by atoms with Gasteiger partial charge in [0, 0.05) is 38.3 Å². The summed E-state index contributed by atoms with van der Waals surface area (Å²) in [5.74, 6) is -0.435. The molecule has 4 amide bonds. The third-order valence-corrected chi connectivity index (χ3v) is 8.94. The highest BCUT2D eigenvalue weighted by Crippen LogP contribution is 2.31. The molecule has 222 valence electrons. The van der Waals surface area contributed by atoms with Crippen molar-refractivity contribution in [2.75, 3.05) is 25.9 Å². The lowest BCUT2D eigenvalue weighted by Crippen LogP contribution is -2.55. The SMILES string of the molecule is CS(=O)(=O)c1ccc(CN2C(=O)NC3(CCN(CC[C@H](NC(=O)c4cccnc4)c4ccccc4)CC3)C2=O)cc1.Cl. The van der Waals surface area contributed by atoms with E-state index in [-0.39, 0.29) is 41.7 Å². The minimum Gasteiger partial charge on any atom is -0.345 e. The molecule has 0 radical (unpaired) electrons. The molecule has 3 heterocycles. The summed E-state index contributed by atoms with van der Waals surface area (Å²) >= 11 is 0. The van der Waals surface area contributed by atoms with Crippen molar-refractivity contribution in [3.63, 3.8) is 0 Å². The maximum Gasteiger partial charge on any atom is 0.325 e. The van der Waals surface area contributed by atoms with E-state index in [1.807, 2.05) is 30.3 Å². The number of nitrogens with one attached hydrogen (secondary N) is 2. The van der Waals surface area contributed by atoms with Crippen LogP contribution in [0.3, 0.4) is 0 Å². The number of likely N-dealkylation sites (tertiary alicyclic amines) is 1. The van der Waals surface area contributed by atoms with Crippen molar-refractivity contribution < 1.29 is 22.8 Å². The molecular formula is C30H34ClN5O5S. The molecule has 3 aromatic rings. The van der Waals surface area contributed by atoms with Crippen molar-refractivity contribution in [3.05, 3.63) is 95.8 Å². The molecule has 42 heavy (non-hydrogen) atoms. The van der Waals surface area contributed by atoms with E-state index in [1.54, 1.807) is 36.7 Å². The molecule has 2 aromatic carbocycles. The van der Waals surface area contributed by atoms with Crippen LogP contribution in [0.1, 0.15) is 46.8 Å². The van der Waals surface area contributed by atoms with E-state index in [2.05, 4.69) is 20.5 Å². The second-order valence-corrected chi connectivity index (χ2v) is 12.6. The molecule has 1 aromatic heterocycles. The monoisotopic (exact) mass is 611 g/mol. The van der Waals surface area contributed by atoms with Crippen molar-refractivity contribution >= 4 is 40.1 Å². The Morgan fingerprint density at radius 2 is 1.71 bits per heavy atom. The molecule has 5 rings (SSSR count). The average Bonchev–Trinajstić information content (AvgIpc) is 3.20. The molecule has 2 aliphatic heterocycles. The van der Waals surface area contributed by atoms with E-state index < -0.39 is 21.4 Å². The van der Waals surface area contributed by atoms with Crippen LogP contribution in [-0.2, 0) is 21.2 Å². The number of carbonyl (C=O) groups is 3. The zero-order valence-electron chi connectivity index (χ0n) is 23.2. The van der Waals surface area contributed by atoms with Crippen molar-refractivity contribution in [2.24, 2.45) is 0 Å². The quantitative estimate of drug-likeness (QED) is 0.355. The average molecular weight is 612 g/mol. The van der Waals surface area contributed by atoms with Crippen molar-refractivity contribution in [2.45, 2.75) is 42.3 Å². The number of nitrogens with zero attached hydrogens (tertiary/aromatic N) is 3. The number of carbonyl (C=O) groups excluding carboxylic acids is 3. The zero-order valence-corrected chi connectivity index (χ0v) is 24.9. The van der Waals surface area contributed by atoms with Crippen LogP contribution in [0.4, 0.5) is 4.79 Å². The minimum atomic E-state index is -3.33. The molecular weight excluding hydrogens is 578 g/mol. The number of aromatic nitrogens is 1. The fraction of sp³-hybridized carbons (Fsp3) is 0.333. The summed E-state index contributed by atoms with van der Waals surface area (Å²) in [6, 6.07) is 18.9. The summed E-state index contributed by atoms with van der Waals surface area (Å²) in [6.07, 6.45) is 5.96. The predicted molar refractivity (Wildman–Crippen MR) is 160 cm³/mol. The highest BCUT2D eigenvalue weighted by atomic mass is 35.5. The summed E-state index contributed by atoms with van der Waals surface area (Å²) in [5, 5.41) is 6.07. The van der Waals surface area contributed by atoms with Crippen molar-refractivity contribution in [3.8, 4) is 0 Å². The summed E-state index contributed by atoms with van der Waals surface area (Å²) in [5.41, 5.74) is 1.25. The van der Waals surface area contributed by atoms with Crippen LogP contribution >= 0.6 is 12.4 Å². The first-order valence-electron chi connectivity index (χ1n) is 13.6. The Kier molecular flexibility index (Phi) is 9.65. The highest BCUT2D eigenvalue weighted by Gasteiger charge is 2.52. The van der Waals surface area contributed by atoms with E-state index in [0.717, 1.165) is 11.8 Å². The number of amides is 4. The first-order valence-corrected chi connectivity index (χ1v) is 15.5. The summed E-state index contributed by atoms with van der Waals surface area (Å²) in [7, 11) is -3.33. The maximum absolute atomic E-state index is 13.4. The highest BCUT2D eigenvalue weighted by molar-refractivity contribution is 7.90. The topological polar surface area (TPSA) is 129 Å². The largest absolute Gasteiger partial charge is 0.345 e. The van der Waals surface area contributed by atoms with Gasteiger partial charge in [0.15, 0.2) is 9.84 Å². The third kappa shape index (κ3) is 6.97. The molecule has 2 N–H and O–H groups in total. The Balaban J connectivity index is 0.00000405. The Morgan fingerprint density at radius 1 is 1.02 bits per heavy atom. The predicted octanol–water partition coefficient (Wildman–Crippen LogP) is 3.35. The second-order valence-electron chi connectivity index (χ2n) is 10.6. The molecule has 1 atom stereocenters. The molecule has 2 fully saturated rings. The van der Waals surface area contributed by atoms with Crippen LogP contribution in [0.2, 0.25) is 0 Å². The van der Waals surface area contributed by atoms with E-state index in [1.165, 1.54) is 17.0 Å². The smallest absolute Gasteiger partial charge is 0.325 e. The zero-order chi connectivity index (χ0) is 29.0. The van der Waals surface area contributed by atoms with Gasteiger partial charge in [-0.05, 0) is 54.7 Å². The van der Waals surface area contributed by atoms with Crippen LogP contribution in [0.15, 0.2) is 84.0 Å².